The molecule has 0 aliphatic heterocycles. The Kier molecular flexibility index (Phi) is 4.25. The molecule has 1 unspecified atom stereocenters. The van der Waals surface area contributed by atoms with Gasteiger partial charge in [-0.2, -0.15) is 0 Å². The highest BCUT2D eigenvalue weighted by Gasteiger charge is 2.10. The Morgan fingerprint density at radius 2 is 1.65 bits per heavy atom. The average molecular weight is 358 g/mol. The van der Waals surface area contributed by atoms with E-state index in [-0.39, 0.29) is 0 Å². The van der Waals surface area contributed by atoms with Gasteiger partial charge in [-0.25, -0.2) is 0 Å². The molecule has 2 heterocycles. The van der Waals surface area contributed by atoms with Crippen LogP contribution in [0.25, 0.3) is 0 Å². The lowest BCUT2D eigenvalue weighted by atomic mass is 10.1. The minimum Gasteiger partial charge on any atom is -0.386 e. The number of aliphatic hydroxyl groups is 1. The number of pyridine rings is 2. The third kappa shape index (κ3) is 3.59. The molecule has 88 valence electrons. The zero-order valence-electron chi connectivity index (χ0n) is 8.85. The molecule has 0 aliphatic carbocycles. The zero-order valence-corrected chi connectivity index (χ0v) is 12.0. The van der Waals surface area contributed by atoms with Crippen molar-refractivity contribution in [3.8, 4) is 0 Å². The second-order valence-electron chi connectivity index (χ2n) is 3.59. The van der Waals surface area contributed by atoms with Gasteiger partial charge >= 0.3 is 0 Å². The van der Waals surface area contributed by atoms with E-state index in [0.29, 0.717) is 12.1 Å². The molecule has 2 aromatic rings. The predicted octanol–water partition coefficient (Wildman–Crippen LogP) is 3.28. The lowest BCUT2D eigenvalue weighted by Gasteiger charge is -2.09. The molecular weight excluding hydrogens is 348 g/mol. The maximum Gasteiger partial charge on any atom is 0.101 e. The summed E-state index contributed by atoms with van der Waals surface area (Å²) < 4.78 is 1.83. The Bertz CT molecular complexity index is 485. The van der Waals surface area contributed by atoms with Crippen LogP contribution in [-0.2, 0) is 6.42 Å². The van der Waals surface area contributed by atoms with Crippen molar-refractivity contribution in [2.75, 3.05) is 0 Å². The molecular formula is C12H10Br2N2O. The normalized spacial score (nSPS) is 12.4. The maximum absolute atomic E-state index is 10.0. The Labute approximate surface area is 116 Å². The molecule has 0 amide bonds. The van der Waals surface area contributed by atoms with Gasteiger partial charge in [0.05, 0.1) is 5.69 Å². The lowest BCUT2D eigenvalue weighted by Crippen LogP contribution is -2.05. The van der Waals surface area contributed by atoms with Crippen molar-refractivity contribution in [3.05, 3.63) is 57.0 Å². The van der Waals surface area contributed by atoms with Gasteiger partial charge < -0.3 is 5.11 Å². The molecule has 0 saturated carbocycles. The van der Waals surface area contributed by atoms with E-state index in [0.717, 1.165) is 14.6 Å². The van der Waals surface area contributed by atoms with Crippen molar-refractivity contribution in [3.63, 3.8) is 0 Å². The fraction of sp³-hybridized carbons (Fsp3) is 0.167. The summed E-state index contributed by atoms with van der Waals surface area (Å²) in [5.74, 6) is 0. The largest absolute Gasteiger partial charge is 0.386 e. The molecule has 1 atom stereocenters. The number of hydrogen-bond donors (Lipinski definition) is 1. The van der Waals surface area contributed by atoms with E-state index >= 15 is 0 Å². The molecule has 0 aliphatic rings. The second kappa shape index (κ2) is 5.71. The van der Waals surface area contributed by atoms with Crippen LogP contribution in [0.5, 0.6) is 0 Å². The Hall–Kier alpha value is -0.780. The first kappa shape index (κ1) is 12.7. The predicted molar refractivity (Wildman–Crippen MR) is 72.5 cm³/mol. The molecule has 0 fully saturated rings. The first-order valence-electron chi connectivity index (χ1n) is 5.05. The first-order chi connectivity index (χ1) is 8.15. The van der Waals surface area contributed by atoms with Gasteiger partial charge in [0.2, 0.25) is 0 Å². The van der Waals surface area contributed by atoms with E-state index < -0.39 is 6.10 Å². The van der Waals surface area contributed by atoms with Gasteiger partial charge in [0, 0.05) is 33.5 Å². The first-order valence-corrected chi connectivity index (χ1v) is 6.63. The van der Waals surface area contributed by atoms with E-state index in [1.807, 2.05) is 18.2 Å². The third-order valence-electron chi connectivity index (χ3n) is 2.28. The molecule has 0 spiro atoms. The van der Waals surface area contributed by atoms with Gasteiger partial charge in [-0.1, -0.05) is 0 Å². The number of rotatable bonds is 3. The molecule has 5 heteroatoms. The van der Waals surface area contributed by atoms with Crippen molar-refractivity contribution >= 4 is 31.9 Å². The summed E-state index contributed by atoms with van der Waals surface area (Å²) in [6.45, 7) is 0. The monoisotopic (exact) mass is 356 g/mol. The van der Waals surface area contributed by atoms with Crippen LogP contribution in [0, 0.1) is 0 Å². The Balaban J connectivity index is 2.08. The van der Waals surface area contributed by atoms with Gasteiger partial charge in [0.25, 0.3) is 0 Å². The summed E-state index contributed by atoms with van der Waals surface area (Å²) in [6.07, 6.45) is 3.23. The molecule has 0 aromatic carbocycles. The van der Waals surface area contributed by atoms with Crippen LogP contribution in [0.2, 0.25) is 0 Å². The second-order valence-corrected chi connectivity index (χ2v) is 5.42. The standard InChI is InChI=1S/C12H10Br2N2O/c13-8-1-3-10(15-6-8)5-12(17)11-4-2-9(14)7-16-11/h1-4,6-7,12,17H,5H2. The molecule has 2 aromatic heterocycles. The Morgan fingerprint density at radius 1 is 1.00 bits per heavy atom. The van der Waals surface area contributed by atoms with E-state index in [2.05, 4.69) is 41.8 Å². The molecule has 0 saturated heterocycles. The van der Waals surface area contributed by atoms with Crippen molar-refractivity contribution in [1.82, 2.24) is 9.97 Å². The summed E-state index contributed by atoms with van der Waals surface area (Å²) in [6, 6.07) is 7.45. The van der Waals surface area contributed by atoms with Gasteiger partial charge in [0.1, 0.15) is 6.10 Å². The fourth-order valence-corrected chi connectivity index (χ4v) is 1.88. The van der Waals surface area contributed by atoms with Crippen LogP contribution in [0.3, 0.4) is 0 Å². The van der Waals surface area contributed by atoms with Crippen LogP contribution < -0.4 is 0 Å². The molecule has 3 nitrogen and oxygen atoms in total. The summed E-state index contributed by atoms with van der Waals surface area (Å²) in [5, 5.41) is 10.0. The van der Waals surface area contributed by atoms with Crippen LogP contribution in [-0.4, -0.2) is 15.1 Å². The van der Waals surface area contributed by atoms with Gasteiger partial charge in [-0.3, -0.25) is 9.97 Å². The van der Waals surface area contributed by atoms with E-state index in [9.17, 15) is 5.11 Å². The highest BCUT2D eigenvalue weighted by atomic mass is 79.9. The van der Waals surface area contributed by atoms with Crippen LogP contribution in [0.4, 0.5) is 0 Å². The lowest BCUT2D eigenvalue weighted by molar-refractivity contribution is 0.172. The van der Waals surface area contributed by atoms with Gasteiger partial charge in [0.15, 0.2) is 0 Å². The van der Waals surface area contributed by atoms with Crippen LogP contribution in [0.1, 0.15) is 17.5 Å². The summed E-state index contributed by atoms with van der Waals surface area (Å²) >= 11 is 6.63. The van der Waals surface area contributed by atoms with Crippen molar-refractivity contribution in [1.29, 1.82) is 0 Å². The topological polar surface area (TPSA) is 46.0 Å². The van der Waals surface area contributed by atoms with E-state index in [4.69, 9.17) is 0 Å². The Morgan fingerprint density at radius 3 is 2.18 bits per heavy atom. The number of aromatic nitrogens is 2. The molecule has 0 bridgehead atoms. The minimum absolute atomic E-state index is 0.460. The minimum atomic E-state index is -0.628. The maximum atomic E-state index is 10.0. The van der Waals surface area contributed by atoms with Gasteiger partial charge in [-0.15, -0.1) is 0 Å². The summed E-state index contributed by atoms with van der Waals surface area (Å²) in [4.78, 5) is 8.38. The summed E-state index contributed by atoms with van der Waals surface area (Å²) in [5.41, 5.74) is 1.49. The molecule has 2 rings (SSSR count). The van der Waals surface area contributed by atoms with E-state index in [1.165, 1.54) is 0 Å². The molecule has 17 heavy (non-hydrogen) atoms. The smallest absolute Gasteiger partial charge is 0.101 e. The summed E-state index contributed by atoms with van der Waals surface area (Å²) in [7, 11) is 0. The number of hydrogen-bond acceptors (Lipinski definition) is 3. The SMILES string of the molecule is OC(Cc1ccc(Br)cn1)c1ccc(Br)cn1. The van der Waals surface area contributed by atoms with Crippen LogP contribution in [0.15, 0.2) is 45.6 Å². The number of nitrogens with zero attached hydrogens (tertiary/aromatic N) is 2. The zero-order chi connectivity index (χ0) is 12.3. The van der Waals surface area contributed by atoms with Crippen molar-refractivity contribution in [2.45, 2.75) is 12.5 Å². The average Bonchev–Trinajstić information content (AvgIpc) is 2.33. The highest BCUT2D eigenvalue weighted by Crippen LogP contribution is 2.18. The van der Waals surface area contributed by atoms with Gasteiger partial charge in [-0.05, 0) is 56.1 Å². The quantitative estimate of drug-likeness (QED) is 0.916. The molecule has 0 radical (unpaired) electrons. The number of halogens is 2. The fourth-order valence-electron chi connectivity index (χ4n) is 1.41. The highest BCUT2D eigenvalue weighted by molar-refractivity contribution is 9.10. The number of aliphatic hydroxyl groups excluding tert-OH is 1. The van der Waals surface area contributed by atoms with Crippen molar-refractivity contribution < 1.29 is 5.11 Å². The third-order valence-corrected chi connectivity index (χ3v) is 3.22. The molecule has 1 N–H and O–H groups in total. The van der Waals surface area contributed by atoms with Crippen molar-refractivity contribution in [2.24, 2.45) is 0 Å². The van der Waals surface area contributed by atoms with Crippen LogP contribution >= 0.6 is 31.9 Å². The van der Waals surface area contributed by atoms with E-state index in [1.54, 1.807) is 18.5 Å².